The summed E-state index contributed by atoms with van der Waals surface area (Å²) < 4.78 is 10.3. The minimum absolute atomic E-state index is 0.0527. The van der Waals surface area contributed by atoms with Crippen LogP contribution in [0.25, 0.3) is 0 Å². The van der Waals surface area contributed by atoms with Gasteiger partial charge in [-0.05, 0) is 36.4 Å². The smallest absolute Gasteiger partial charge is 0.323 e. The predicted molar refractivity (Wildman–Crippen MR) is 92.0 cm³/mol. The fourth-order valence-electron chi connectivity index (χ4n) is 2.05. The highest BCUT2D eigenvalue weighted by Crippen LogP contribution is 2.29. The van der Waals surface area contributed by atoms with E-state index in [1.165, 1.54) is 14.2 Å². The Hall–Kier alpha value is -3.06. The Balaban J connectivity index is 2.07. The highest BCUT2D eigenvalue weighted by molar-refractivity contribution is 6.01. The van der Waals surface area contributed by atoms with Crippen LogP contribution in [0.5, 0.6) is 11.5 Å². The van der Waals surface area contributed by atoms with E-state index in [0.29, 0.717) is 28.4 Å². The highest BCUT2D eigenvalue weighted by Gasteiger charge is 2.10. The van der Waals surface area contributed by atoms with Crippen LogP contribution >= 0.6 is 0 Å². The van der Waals surface area contributed by atoms with Crippen molar-refractivity contribution in [1.82, 2.24) is 0 Å². The van der Waals surface area contributed by atoms with Gasteiger partial charge in [0.2, 0.25) is 0 Å². The van der Waals surface area contributed by atoms with E-state index >= 15 is 0 Å². The largest absolute Gasteiger partial charge is 0.497 e. The van der Waals surface area contributed by atoms with Crippen molar-refractivity contribution in [3.8, 4) is 11.5 Å². The minimum atomic E-state index is -0.445. The van der Waals surface area contributed by atoms with Gasteiger partial charge < -0.3 is 25.8 Å². The summed E-state index contributed by atoms with van der Waals surface area (Å²) >= 11 is 0. The normalized spacial score (nSPS) is 9.96. The summed E-state index contributed by atoms with van der Waals surface area (Å²) in [5, 5.41) is 5.37. The third-order valence-electron chi connectivity index (χ3n) is 3.30. The third-order valence-corrected chi connectivity index (χ3v) is 3.30. The maximum Gasteiger partial charge on any atom is 0.323 e. The molecule has 24 heavy (non-hydrogen) atoms. The van der Waals surface area contributed by atoms with E-state index in [-0.39, 0.29) is 12.3 Å². The fraction of sp³-hybridized carbons (Fsp3) is 0.176. The molecule has 0 unspecified atom stereocenters. The molecule has 0 atom stereocenters. The lowest BCUT2D eigenvalue weighted by molar-refractivity contribution is 0.100. The Labute approximate surface area is 139 Å². The van der Waals surface area contributed by atoms with Gasteiger partial charge in [0.1, 0.15) is 11.5 Å². The van der Waals surface area contributed by atoms with E-state index in [9.17, 15) is 9.59 Å². The second-order valence-corrected chi connectivity index (χ2v) is 4.85. The zero-order valence-corrected chi connectivity index (χ0v) is 13.5. The number of ketones is 1. The fourth-order valence-corrected chi connectivity index (χ4v) is 2.05. The predicted octanol–water partition coefficient (Wildman–Crippen LogP) is 2.49. The Morgan fingerprint density at radius 2 is 1.71 bits per heavy atom. The number of hydrogen-bond donors (Lipinski definition) is 3. The highest BCUT2D eigenvalue weighted by atomic mass is 16.5. The number of amides is 2. The molecule has 0 saturated carbocycles. The molecule has 0 aliphatic rings. The molecule has 126 valence electrons. The van der Waals surface area contributed by atoms with Gasteiger partial charge >= 0.3 is 6.03 Å². The molecule has 0 aromatic heterocycles. The van der Waals surface area contributed by atoms with E-state index in [0.717, 1.165) is 0 Å². The second kappa shape index (κ2) is 7.98. The zero-order chi connectivity index (χ0) is 17.5. The van der Waals surface area contributed by atoms with Crippen LogP contribution in [-0.2, 0) is 0 Å². The number of carbonyl (C=O) groups is 2. The molecule has 7 nitrogen and oxygen atoms in total. The number of urea groups is 1. The first-order chi connectivity index (χ1) is 11.6. The molecule has 7 heteroatoms. The Morgan fingerprint density at radius 1 is 1.00 bits per heavy atom. The third kappa shape index (κ3) is 4.23. The molecule has 0 saturated heterocycles. The van der Waals surface area contributed by atoms with Gasteiger partial charge in [-0.1, -0.05) is 0 Å². The van der Waals surface area contributed by atoms with Crippen LogP contribution in [0, 0.1) is 0 Å². The van der Waals surface area contributed by atoms with Crippen LogP contribution in [0.4, 0.5) is 16.2 Å². The Morgan fingerprint density at radius 3 is 2.29 bits per heavy atom. The molecule has 2 rings (SSSR count). The van der Waals surface area contributed by atoms with Crippen LogP contribution in [0.2, 0.25) is 0 Å². The molecule has 2 amide bonds. The van der Waals surface area contributed by atoms with Crippen LogP contribution in [-0.4, -0.2) is 32.6 Å². The summed E-state index contributed by atoms with van der Waals surface area (Å²) in [6.07, 6.45) is 0. The lowest BCUT2D eigenvalue weighted by atomic mass is 10.1. The van der Waals surface area contributed by atoms with Crippen molar-refractivity contribution in [1.29, 1.82) is 0 Å². The monoisotopic (exact) mass is 329 g/mol. The molecule has 0 radical (unpaired) electrons. The molecule has 2 aromatic rings. The molecule has 4 N–H and O–H groups in total. The molecule has 0 heterocycles. The number of anilines is 2. The van der Waals surface area contributed by atoms with Crippen molar-refractivity contribution in [2.45, 2.75) is 0 Å². The van der Waals surface area contributed by atoms with Crippen LogP contribution in [0.3, 0.4) is 0 Å². The standard InChI is InChI=1S/C17H19N3O4/c1-23-13-7-8-16(24-2)14(9-13)20-17(22)19-12-5-3-11(4-6-12)15(21)10-18/h3-9H,10,18H2,1-2H3,(H2,19,20,22). The molecule has 0 fully saturated rings. The quantitative estimate of drug-likeness (QED) is 0.707. The van der Waals surface area contributed by atoms with E-state index < -0.39 is 6.03 Å². The van der Waals surface area contributed by atoms with Gasteiger partial charge in [0, 0.05) is 17.3 Å². The van der Waals surface area contributed by atoms with Crippen LogP contribution in [0.15, 0.2) is 42.5 Å². The van der Waals surface area contributed by atoms with Crippen molar-refractivity contribution in [3.63, 3.8) is 0 Å². The van der Waals surface area contributed by atoms with Crippen LogP contribution in [0.1, 0.15) is 10.4 Å². The number of Topliss-reactive ketones (excluding diaryl/α,β-unsaturated/α-hetero) is 1. The van der Waals surface area contributed by atoms with Crippen molar-refractivity contribution in [2.24, 2.45) is 5.73 Å². The van der Waals surface area contributed by atoms with Gasteiger partial charge in [-0.2, -0.15) is 0 Å². The van der Waals surface area contributed by atoms with Crippen molar-refractivity contribution in [2.75, 3.05) is 31.4 Å². The second-order valence-electron chi connectivity index (χ2n) is 4.85. The molecular formula is C17H19N3O4. The zero-order valence-electron chi connectivity index (χ0n) is 13.5. The number of benzene rings is 2. The van der Waals surface area contributed by atoms with Gasteiger partial charge in [-0.15, -0.1) is 0 Å². The number of carbonyl (C=O) groups excluding carboxylic acids is 2. The SMILES string of the molecule is COc1ccc(OC)c(NC(=O)Nc2ccc(C(=O)CN)cc2)c1. The average molecular weight is 329 g/mol. The number of ether oxygens (including phenoxy) is 2. The summed E-state index contributed by atoms with van der Waals surface area (Å²) in [6.45, 7) is -0.0527. The summed E-state index contributed by atoms with van der Waals surface area (Å²) in [7, 11) is 3.05. The topological polar surface area (TPSA) is 103 Å². The Kier molecular flexibility index (Phi) is 5.75. The van der Waals surface area contributed by atoms with E-state index in [4.69, 9.17) is 15.2 Å². The number of nitrogens with one attached hydrogen (secondary N) is 2. The first-order valence-electron chi connectivity index (χ1n) is 7.20. The van der Waals surface area contributed by atoms with Gasteiger partial charge in [0.15, 0.2) is 5.78 Å². The van der Waals surface area contributed by atoms with Crippen LogP contribution < -0.4 is 25.8 Å². The van der Waals surface area contributed by atoms with Gasteiger partial charge in [-0.3, -0.25) is 4.79 Å². The van der Waals surface area contributed by atoms with E-state index in [1.807, 2.05) is 0 Å². The molecular weight excluding hydrogens is 310 g/mol. The molecule has 0 bridgehead atoms. The maximum atomic E-state index is 12.1. The Bertz CT molecular complexity index is 729. The minimum Gasteiger partial charge on any atom is -0.497 e. The van der Waals surface area contributed by atoms with Gasteiger partial charge in [0.25, 0.3) is 0 Å². The summed E-state index contributed by atoms with van der Waals surface area (Å²) in [5.41, 5.74) is 6.83. The molecule has 2 aromatic carbocycles. The van der Waals surface area contributed by atoms with Crippen molar-refractivity contribution in [3.05, 3.63) is 48.0 Å². The molecule has 0 aliphatic carbocycles. The number of rotatable bonds is 6. The lowest BCUT2D eigenvalue weighted by Crippen LogP contribution is -2.20. The van der Waals surface area contributed by atoms with Gasteiger partial charge in [0.05, 0.1) is 26.5 Å². The van der Waals surface area contributed by atoms with Crippen molar-refractivity contribution < 1.29 is 19.1 Å². The van der Waals surface area contributed by atoms with E-state index in [2.05, 4.69) is 10.6 Å². The van der Waals surface area contributed by atoms with Crippen molar-refractivity contribution >= 4 is 23.2 Å². The lowest BCUT2D eigenvalue weighted by Gasteiger charge is -2.12. The average Bonchev–Trinajstić information content (AvgIpc) is 2.61. The first-order valence-corrected chi connectivity index (χ1v) is 7.20. The molecule has 0 aliphatic heterocycles. The molecule has 0 spiro atoms. The van der Waals surface area contributed by atoms with Gasteiger partial charge in [-0.25, -0.2) is 4.79 Å². The van der Waals surface area contributed by atoms with E-state index in [1.54, 1.807) is 42.5 Å². The summed E-state index contributed by atoms with van der Waals surface area (Å²) in [5.74, 6) is 0.942. The maximum absolute atomic E-state index is 12.1. The number of hydrogen-bond acceptors (Lipinski definition) is 5. The number of nitrogens with two attached hydrogens (primary N) is 1. The number of methoxy groups -OCH3 is 2. The first kappa shape index (κ1) is 17.3. The summed E-state index contributed by atoms with van der Waals surface area (Å²) in [6, 6.07) is 11.1. The summed E-state index contributed by atoms with van der Waals surface area (Å²) in [4.78, 5) is 23.6.